The first-order chi connectivity index (χ1) is 19.5. The zero-order chi connectivity index (χ0) is 29.5. The van der Waals surface area contributed by atoms with E-state index in [-0.39, 0.29) is 35.9 Å². The van der Waals surface area contributed by atoms with E-state index in [1.165, 1.54) is 6.07 Å². The van der Waals surface area contributed by atoms with Crippen LogP contribution in [0, 0.1) is 29.9 Å². The van der Waals surface area contributed by atoms with Crippen LogP contribution in [-0.4, -0.2) is 40.7 Å². The highest BCUT2D eigenvalue weighted by Crippen LogP contribution is 2.39. The number of hydrogen-bond donors (Lipinski definition) is 1. The highest BCUT2D eigenvalue weighted by Gasteiger charge is 2.49. The standard InChI is InChI=1S/C28H23F4N5O4/c1-15-4-2-3-5-21(15)24(25(39)35-18-11-28(31,32)12-18)36(19-9-16(29)8-17(30)10-19)26(40)22-6-7-23(38)37(22)27-34-14-20(13-33)41-27/h2-5,8-10,14,18,22,24H,6-7,11-12H2,1H3,(H,35,39)/t22-,24-/m0/s1. The number of aryl methyl sites for hydroxylation is 1. The number of nitrogens with one attached hydrogen (secondary N) is 1. The molecule has 9 nitrogen and oxygen atoms in total. The van der Waals surface area contributed by atoms with Crippen LogP contribution in [0.2, 0.25) is 0 Å². The molecule has 0 spiro atoms. The van der Waals surface area contributed by atoms with E-state index in [0.717, 1.165) is 28.1 Å². The van der Waals surface area contributed by atoms with E-state index in [2.05, 4.69) is 10.3 Å². The average molecular weight is 570 g/mol. The molecular weight excluding hydrogens is 546 g/mol. The number of alkyl halides is 2. The summed E-state index contributed by atoms with van der Waals surface area (Å²) in [7, 11) is 0. The van der Waals surface area contributed by atoms with Gasteiger partial charge in [-0.05, 0) is 36.6 Å². The molecule has 2 aliphatic rings. The van der Waals surface area contributed by atoms with Gasteiger partial charge in [0.2, 0.25) is 17.6 Å². The van der Waals surface area contributed by atoms with E-state index >= 15 is 0 Å². The first-order valence-corrected chi connectivity index (χ1v) is 12.7. The van der Waals surface area contributed by atoms with Gasteiger partial charge < -0.3 is 9.73 Å². The third kappa shape index (κ3) is 5.50. The van der Waals surface area contributed by atoms with Gasteiger partial charge in [0, 0.05) is 31.4 Å². The van der Waals surface area contributed by atoms with Gasteiger partial charge in [0.15, 0.2) is 0 Å². The van der Waals surface area contributed by atoms with E-state index < -0.39 is 66.2 Å². The summed E-state index contributed by atoms with van der Waals surface area (Å²) >= 11 is 0. The Morgan fingerprint density at radius 3 is 2.49 bits per heavy atom. The second kappa shape index (κ2) is 10.7. The number of halogens is 4. The van der Waals surface area contributed by atoms with Gasteiger partial charge in [-0.2, -0.15) is 5.26 Å². The maximum absolute atomic E-state index is 14.5. The van der Waals surface area contributed by atoms with Crippen molar-refractivity contribution < 1.29 is 36.4 Å². The maximum atomic E-state index is 14.5. The lowest BCUT2D eigenvalue weighted by atomic mass is 9.87. The van der Waals surface area contributed by atoms with Crippen molar-refractivity contribution in [3.8, 4) is 6.07 Å². The van der Waals surface area contributed by atoms with Crippen LogP contribution in [0.1, 0.15) is 48.6 Å². The van der Waals surface area contributed by atoms with Crippen LogP contribution in [0.5, 0.6) is 0 Å². The third-order valence-corrected chi connectivity index (χ3v) is 7.10. The molecule has 2 fully saturated rings. The second-order valence-corrected chi connectivity index (χ2v) is 10.0. The maximum Gasteiger partial charge on any atom is 0.306 e. The van der Waals surface area contributed by atoms with Gasteiger partial charge in [-0.25, -0.2) is 22.5 Å². The summed E-state index contributed by atoms with van der Waals surface area (Å²) in [5.74, 6) is -7.55. The summed E-state index contributed by atoms with van der Waals surface area (Å²) in [4.78, 5) is 46.7. The molecular formula is C28H23F4N5O4. The van der Waals surface area contributed by atoms with Crippen LogP contribution >= 0.6 is 0 Å². The third-order valence-electron chi connectivity index (χ3n) is 7.10. The molecule has 0 radical (unpaired) electrons. The van der Waals surface area contributed by atoms with Crippen LogP contribution in [0.25, 0.3) is 0 Å². The predicted molar refractivity (Wildman–Crippen MR) is 136 cm³/mol. The molecule has 2 atom stereocenters. The Labute approximate surface area is 231 Å². The molecule has 3 aromatic rings. The van der Waals surface area contributed by atoms with E-state index in [1.54, 1.807) is 31.2 Å². The quantitative estimate of drug-likeness (QED) is 0.424. The number of nitrogens with zero attached hydrogens (tertiary/aromatic N) is 4. The zero-order valence-electron chi connectivity index (χ0n) is 21.6. The van der Waals surface area contributed by atoms with Crippen molar-refractivity contribution in [3.05, 3.63) is 77.2 Å². The number of amides is 3. The molecule has 2 aromatic carbocycles. The fraction of sp³-hybridized carbons (Fsp3) is 0.321. The van der Waals surface area contributed by atoms with Gasteiger partial charge in [-0.1, -0.05) is 24.3 Å². The number of rotatable bonds is 7. The number of aromatic nitrogens is 1. The number of nitriles is 1. The molecule has 212 valence electrons. The fourth-order valence-electron chi connectivity index (χ4n) is 5.16. The Bertz CT molecular complexity index is 1540. The van der Waals surface area contributed by atoms with Crippen molar-refractivity contribution in [1.29, 1.82) is 5.26 Å². The molecule has 1 saturated heterocycles. The Morgan fingerprint density at radius 2 is 1.88 bits per heavy atom. The molecule has 0 unspecified atom stereocenters. The number of carbonyl (C=O) groups is 3. The molecule has 1 aliphatic heterocycles. The monoisotopic (exact) mass is 569 g/mol. The summed E-state index contributed by atoms with van der Waals surface area (Å²) in [5, 5.41) is 11.7. The average Bonchev–Trinajstić information content (AvgIpc) is 3.51. The highest BCUT2D eigenvalue weighted by atomic mass is 19.3. The number of carbonyl (C=O) groups excluding carboxylic acids is 3. The first-order valence-electron chi connectivity index (χ1n) is 12.7. The molecule has 2 heterocycles. The van der Waals surface area contributed by atoms with Crippen molar-refractivity contribution in [2.45, 2.75) is 56.7 Å². The summed E-state index contributed by atoms with van der Waals surface area (Å²) < 4.78 is 61.4. The minimum atomic E-state index is -2.94. The van der Waals surface area contributed by atoms with Crippen LogP contribution in [0.3, 0.4) is 0 Å². The molecule has 0 bridgehead atoms. The normalized spacial score (nSPS) is 18.9. The van der Waals surface area contributed by atoms with E-state index in [4.69, 9.17) is 9.68 Å². The first kappa shape index (κ1) is 27.8. The van der Waals surface area contributed by atoms with Crippen molar-refractivity contribution in [1.82, 2.24) is 10.3 Å². The number of anilines is 2. The lowest BCUT2D eigenvalue weighted by Gasteiger charge is -2.39. The van der Waals surface area contributed by atoms with Crippen LogP contribution in [-0.2, 0) is 14.4 Å². The fourth-order valence-corrected chi connectivity index (χ4v) is 5.16. The SMILES string of the molecule is Cc1ccccc1[C@@H](C(=O)NC1CC(F)(F)C1)N(C(=O)[C@@H]1CCC(=O)N1c1ncc(C#N)o1)c1cc(F)cc(F)c1. The molecule has 41 heavy (non-hydrogen) atoms. The molecule has 13 heteroatoms. The highest BCUT2D eigenvalue weighted by molar-refractivity contribution is 6.10. The largest absolute Gasteiger partial charge is 0.412 e. The molecule has 1 saturated carbocycles. The lowest BCUT2D eigenvalue weighted by Crippen LogP contribution is -2.56. The van der Waals surface area contributed by atoms with Gasteiger partial charge in [-0.15, -0.1) is 0 Å². The minimum Gasteiger partial charge on any atom is -0.412 e. The molecule has 5 rings (SSSR count). The van der Waals surface area contributed by atoms with Gasteiger partial charge in [-0.3, -0.25) is 24.2 Å². The van der Waals surface area contributed by atoms with E-state index in [0.29, 0.717) is 11.6 Å². The van der Waals surface area contributed by atoms with Crippen LogP contribution < -0.4 is 15.1 Å². The second-order valence-electron chi connectivity index (χ2n) is 10.0. The zero-order valence-corrected chi connectivity index (χ0v) is 21.6. The Morgan fingerprint density at radius 1 is 1.20 bits per heavy atom. The summed E-state index contributed by atoms with van der Waals surface area (Å²) in [6, 6.07) is 6.41. The van der Waals surface area contributed by atoms with Gasteiger partial charge in [0.05, 0.1) is 11.9 Å². The molecule has 3 amide bonds. The van der Waals surface area contributed by atoms with Crippen molar-refractivity contribution in [2.75, 3.05) is 9.80 Å². The number of oxazole rings is 1. The number of benzene rings is 2. The number of hydrogen-bond acceptors (Lipinski definition) is 6. The summed E-state index contributed by atoms with van der Waals surface area (Å²) in [6.45, 7) is 1.66. The summed E-state index contributed by atoms with van der Waals surface area (Å²) in [6.07, 6.45) is -0.312. The van der Waals surface area contributed by atoms with Crippen molar-refractivity contribution in [2.24, 2.45) is 0 Å². The Hall–Kier alpha value is -4.73. The Kier molecular flexibility index (Phi) is 7.25. The van der Waals surface area contributed by atoms with Gasteiger partial charge in [0.25, 0.3) is 11.8 Å². The summed E-state index contributed by atoms with van der Waals surface area (Å²) in [5.41, 5.74) is 0.471. The molecule has 1 N–H and O–H groups in total. The minimum absolute atomic E-state index is 0.0623. The van der Waals surface area contributed by atoms with Crippen LogP contribution in [0.4, 0.5) is 29.3 Å². The van der Waals surface area contributed by atoms with Gasteiger partial charge in [0.1, 0.15) is 29.8 Å². The van der Waals surface area contributed by atoms with Crippen molar-refractivity contribution >= 4 is 29.4 Å². The van der Waals surface area contributed by atoms with Crippen LogP contribution in [0.15, 0.2) is 53.1 Å². The molecule has 1 aromatic heterocycles. The van der Waals surface area contributed by atoms with Gasteiger partial charge >= 0.3 is 6.01 Å². The van der Waals surface area contributed by atoms with E-state index in [9.17, 15) is 31.9 Å². The van der Waals surface area contributed by atoms with E-state index in [1.807, 2.05) is 0 Å². The molecule has 1 aliphatic carbocycles. The Balaban J connectivity index is 1.62. The lowest BCUT2D eigenvalue weighted by molar-refractivity contribution is -0.133. The smallest absolute Gasteiger partial charge is 0.306 e. The topological polar surface area (TPSA) is 120 Å². The predicted octanol–water partition coefficient (Wildman–Crippen LogP) is 4.32. The van der Waals surface area contributed by atoms with Crippen molar-refractivity contribution in [3.63, 3.8) is 0 Å².